The molecule has 0 aromatic rings. The van der Waals surface area contributed by atoms with Gasteiger partial charge in [0.05, 0.1) is 0 Å². The van der Waals surface area contributed by atoms with Crippen LogP contribution >= 0.6 is 10.1 Å². The molecule has 0 atom stereocenters. The zero-order valence-corrected chi connectivity index (χ0v) is 8.17. The Balaban J connectivity index is 6.28. The Morgan fingerprint density at radius 3 is 1.73 bits per heavy atom. The molecule has 0 bridgehead atoms. The number of nitrogens with two attached hydrogens (primary N) is 2. The molecule has 5 N–H and O–H groups in total. The molecule has 0 aromatic heterocycles. The van der Waals surface area contributed by atoms with Gasteiger partial charge in [-0.25, -0.2) is 0 Å². The molecule has 0 aliphatic carbocycles. The van der Waals surface area contributed by atoms with Crippen molar-refractivity contribution in [3.8, 4) is 0 Å². The first-order valence-electron chi connectivity index (χ1n) is 2.64. The van der Waals surface area contributed by atoms with E-state index in [0.29, 0.717) is 0 Å². The Kier molecular flexibility index (Phi) is 1.98. The van der Waals surface area contributed by atoms with Crippen molar-refractivity contribution in [1.29, 1.82) is 0 Å². The van der Waals surface area contributed by atoms with E-state index in [2.05, 4.69) is 0 Å². The van der Waals surface area contributed by atoms with Crippen molar-refractivity contribution in [2.45, 2.75) is 13.8 Å². The van der Waals surface area contributed by atoms with E-state index >= 15 is 0 Å². The molecule has 0 spiro atoms. The second-order valence-electron chi connectivity index (χ2n) is 2.02. The summed E-state index contributed by atoms with van der Waals surface area (Å²) < 4.78 is 0. The summed E-state index contributed by atoms with van der Waals surface area (Å²) in [6.07, 6.45) is 0. The zero-order chi connectivity index (χ0) is 9.40. The standard InChI is InChI=1S/2C2H4.CHO2.ClH.Co.2H2N/c2*1-2;2-1-3;;;;/h2*1H,2H3;(H,2,3);1H;;2*1H2/q;;;;+3;2*-1/p-1. The molecular formula is C5H13ClCoN2O2. The van der Waals surface area contributed by atoms with Crippen molar-refractivity contribution in [2.75, 3.05) is 0 Å². The first-order chi connectivity index (χ1) is 4.61. The summed E-state index contributed by atoms with van der Waals surface area (Å²) in [4.78, 5) is 22.7. The molecule has 0 aliphatic rings. The maximum absolute atomic E-state index is 10.7. The van der Waals surface area contributed by atoms with Gasteiger partial charge in [-0.05, 0) is 0 Å². The number of rotatable bonds is 1. The molecule has 11 heavy (non-hydrogen) atoms. The second-order valence-corrected chi connectivity index (χ2v) is 11.0. The van der Waals surface area contributed by atoms with Gasteiger partial charge in [-0.1, -0.05) is 0 Å². The van der Waals surface area contributed by atoms with E-state index in [1.807, 2.05) is 0 Å². The molecule has 0 saturated carbocycles. The summed E-state index contributed by atoms with van der Waals surface area (Å²) in [6, 6.07) is 0. The molecule has 0 aliphatic heterocycles. The first kappa shape index (κ1) is 10.9. The monoisotopic (exact) mass is 227 g/mol. The summed E-state index contributed by atoms with van der Waals surface area (Å²) in [5.74, 6) is 0. The molecule has 0 rings (SSSR count). The molecule has 0 amide bonds. The van der Waals surface area contributed by atoms with Crippen LogP contribution < -0.4 is 9.56 Å². The van der Waals surface area contributed by atoms with Crippen LogP contribution in [-0.2, 0) is 9.19 Å². The molecule has 0 aromatic carbocycles. The van der Waals surface area contributed by atoms with Crippen LogP contribution in [0.1, 0.15) is 13.8 Å². The van der Waals surface area contributed by atoms with E-state index in [4.69, 9.17) is 24.8 Å². The van der Waals surface area contributed by atoms with Crippen LogP contribution in [0, 0.1) is 0 Å². The van der Waals surface area contributed by atoms with Crippen molar-refractivity contribution in [2.24, 2.45) is 9.56 Å². The van der Waals surface area contributed by atoms with Gasteiger partial charge in [-0.15, -0.1) is 0 Å². The van der Waals surface area contributed by atoms with Gasteiger partial charge in [0, 0.05) is 0 Å². The number of carboxylic acid groups (broad SMARTS) is 1. The molecule has 6 heteroatoms. The van der Waals surface area contributed by atoms with Gasteiger partial charge >= 0.3 is 67.5 Å². The Morgan fingerprint density at radius 2 is 1.73 bits per heavy atom. The van der Waals surface area contributed by atoms with Gasteiger partial charge in [0.25, 0.3) is 0 Å². The normalized spacial score (nSPS) is 17.9. The van der Waals surface area contributed by atoms with E-state index in [-0.39, 0.29) is 0 Å². The molecule has 0 radical (unpaired) electrons. The van der Waals surface area contributed by atoms with Gasteiger partial charge in [0.1, 0.15) is 0 Å². The van der Waals surface area contributed by atoms with Crippen molar-refractivity contribution >= 4 is 25.0 Å². The van der Waals surface area contributed by atoms with E-state index in [0.717, 1.165) is 9.91 Å². The third-order valence-electron chi connectivity index (χ3n) is 1.39. The van der Waals surface area contributed by atoms with E-state index in [9.17, 15) is 4.79 Å². The Morgan fingerprint density at radius 1 is 1.45 bits per heavy atom. The molecule has 4 nitrogen and oxygen atoms in total. The van der Waals surface area contributed by atoms with Crippen LogP contribution in [0.25, 0.3) is 0 Å². The van der Waals surface area contributed by atoms with Gasteiger partial charge in [0.2, 0.25) is 0 Å². The Bertz CT molecular complexity index is 339. The van der Waals surface area contributed by atoms with E-state index in [1.165, 1.54) is 13.8 Å². The van der Waals surface area contributed by atoms with Crippen molar-refractivity contribution in [3.05, 3.63) is 0 Å². The summed E-state index contributed by atoms with van der Waals surface area (Å²) in [5.41, 5.74) is 0. The fourth-order valence-electron chi connectivity index (χ4n) is 0.276. The second kappa shape index (κ2) is 1.99. The van der Waals surface area contributed by atoms with Gasteiger partial charge in [-0.3, -0.25) is 0 Å². The van der Waals surface area contributed by atoms with Crippen molar-refractivity contribution in [1.82, 2.24) is 0 Å². The van der Waals surface area contributed by atoms with Crippen molar-refractivity contribution < 1.29 is 19.1 Å². The molecule has 0 fully saturated rings. The average Bonchev–Trinajstić information content (AvgIpc) is 1.89. The molecule has 0 heterocycles. The predicted octanol–water partition coefficient (Wildman–Crippen LogP) is 0.435. The first-order valence-corrected chi connectivity index (χ1v) is 7.00. The van der Waals surface area contributed by atoms with Gasteiger partial charge < -0.3 is 0 Å². The van der Waals surface area contributed by atoms with Crippen LogP contribution in [0.2, 0.25) is 0 Å². The quantitative estimate of drug-likeness (QED) is 0.606. The molecular weight excluding hydrogens is 214 g/mol. The number of hydrogen-bond acceptors (Lipinski definition) is 3. The van der Waals surface area contributed by atoms with Crippen LogP contribution in [0.5, 0.6) is 0 Å². The Hall–Kier alpha value is -0.0735. The number of carbonyl (C=O) groups is 1. The third kappa shape index (κ3) is 1.57. The van der Waals surface area contributed by atoms with Crippen molar-refractivity contribution in [3.63, 3.8) is 0 Å². The fourth-order valence-corrected chi connectivity index (χ4v) is 1.14. The minimum absolute atomic E-state index is 1.16. The summed E-state index contributed by atoms with van der Waals surface area (Å²) in [7, 11) is 0.996. The molecule has 0 unspecified atom stereocenters. The minimum atomic E-state index is -4.74. The SMILES string of the molecule is C[CH]=[Co]([NH2])([NH2])([Cl])(=[CH]C)[C](=O)O. The third-order valence-corrected chi connectivity index (χ3v) is 7.37. The average molecular weight is 228 g/mol. The van der Waals surface area contributed by atoms with Crippen LogP contribution in [0.3, 0.4) is 0 Å². The number of hydrogen-bond donors (Lipinski definition) is 3. The fraction of sp³-hybridized carbons (Fsp3) is 0.400. The van der Waals surface area contributed by atoms with Gasteiger partial charge in [-0.2, -0.15) is 0 Å². The topological polar surface area (TPSA) is 89.3 Å². The summed E-state index contributed by atoms with van der Waals surface area (Å²) >= 11 is 0. The van der Waals surface area contributed by atoms with Crippen LogP contribution in [0.4, 0.5) is 4.79 Å². The van der Waals surface area contributed by atoms with Gasteiger partial charge in [0.15, 0.2) is 0 Å². The van der Waals surface area contributed by atoms with Crippen LogP contribution in [0.15, 0.2) is 0 Å². The Labute approximate surface area is 67.8 Å². The van der Waals surface area contributed by atoms with E-state index < -0.39 is 14.1 Å². The molecule has 71 valence electrons. The predicted molar refractivity (Wildman–Crippen MR) is 45.7 cm³/mol. The van der Waals surface area contributed by atoms with E-state index in [1.54, 1.807) is 0 Å². The molecule has 0 saturated heterocycles. The zero-order valence-electron chi connectivity index (χ0n) is 6.38. The maximum atomic E-state index is 10.7. The summed E-state index contributed by atoms with van der Waals surface area (Å²) in [5, 5.41) is 8.77. The van der Waals surface area contributed by atoms with Crippen LogP contribution in [-0.4, -0.2) is 19.9 Å². The number of halogens is 1. The summed E-state index contributed by atoms with van der Waals surface area (Å²) in [6.45, 7) is 2.88.